The first kappa shape index (κ1) is 14.1. The number of hydrogen-bond acceptors (Lipinski definition) is 4. The lowest BCUT2D eigenvalue weighted by atomic mass is 10.0. The van der Waals surface area contributed by atoms with Crippen molar-refractivity contribution in [3.05, 3.63) is 23.2 Å². The monoisotopic (exact) mass is 258 g/mol. The van der Waals surface area contributed by atoms with Crippen LogP contribution in [0.15, 0.2) is 18.2 Å². The van der Waals surface area contributed by atoms with E-state index < -0.39 is 5.60 Å². The van der Waals surface area contributed by atoms with Gasteiger partial charge in [-0.2, -0.15) is 0 Å². The predicted octanol–water partition coefficient (Wildman–Crippen LogP) is 2.12. The molecule has 0 spiro atoms. The molecule has 5 heteroatoms. The van der Waals surface area contributed by atoms with Crippen LogP contribution in [-0.2, 0) is 4.74 Å². The second-order valence-corrected chi connectivity index (χ2v) is 4.76. The lowest BCUT2D eigenvalue weighted by Crippen LogP contribution is -2.34. The molecule has 1 rings (SSSR count). The number of anilines is 2. The van der Waals surface area contributed by atoms with Crippen LogP contribution >= 0.6 is 11.6 Å². The van der Waals surface area contributed by atoms with Crippen molar-refractivity contribution in [3.8, 4) is 0 Å². The maximum atomic E-state index is 10.1. The maximum Gasteiger partial charge on any atom is 0.0813 e. The topological polar surface area (TPSA) is 67.5 Å². The SMILES string of the molecule is COCCC(C)(O)CNc1cc(Cl)ccc1N. The van der Waals surface area contributed by atoms with Gasteiger partial charge in [-0.15, -0.1) is 0 Å². The highest BCUT2D eigenvalue weighted by molar-refractivity contribution is 6.31. The van der Waals surface area contributed by atoms with Crippen LogP contribution in [0.1, 0.15) is 13.3 Å². The van der Waals surface area contributed by atoms with Crippen LogP contribution < -0.4 is 11.1 Å². The third-order valence-electron chi connectivity index (χ3n) is 2.52. The predicted molar refractivity (Wildman–Crippen MR) is 71.5 cm³/mol. The summed E-state index contributed by atoms with van der Waals surface area (Å²) in [5, 5.41) is 13.7. The number of halogens is 1. The van der Waals surface area contributed by atoms with Gasteiger partial charge in [0.1, 0.15) is 0 Å². The number of nitrogens with two attached hydrogens (primary N) is 1. The molecule has 0 aliphatic carbocycles. The molecule has 1 unspecified atom stereocenters. The second-order valence-electron chi connectivity index (χ2n) is 4.32. The van der Waals surface area contributed by atoms with Crippen molar-refractivity contribution in [2.45, 2.75) is 18.9 Å². The fraction of sp³-hybridized carbons (Fsp3) is 0.500. The zero-order valence-corrected chi connectivity index (χ0v) is 10.9. The Kier molecular flexibility index (Phi) is 5.05. The number of ether oxygens (including phenoxy) is 1. The fourth-order valence-electron chi connectivity index (χ4n) is 1.38. The molecule has 4 N–H and O–H groups in total. The van der Waals surface area contributed by atoms with Gasteiger partial charge in [0.2, 0.25) is 0 Å². The number of rotatable bonds is 6. The summed E-state index contributed by atoms with van der Waals surface area (Å²) in [6.07, 6.45) is 0.553. The summed E-state index contributed by atoms with van der Waals surface area (Å²) >= 11 is 5.87. The molecule has 0 saturated heterocycles. The van der Waals surface area contributed by atoms with E-state index in [2.05, 4.69) is 5.32 Å². The van der Waals surface area contributed by atoms with Gasteiger partial charge in [0.25, 0.3) is 0 Å². The highest BCUT2D eigenvalue weighted by Gasteiger charge is 2.19. The van der Waals surface area contributed by atoms with E-state index >= 15 is 0 Å². The van der Waals surface area contributed by atoms with Gasteiger partial charge in [0.05, 0.1) is 17.0 Å². The van der Waals surface area contributed by atoms with E-state index in [9.17, 15) is 5.11 Å². The van der Waals surface area contributed by atoms with Crippen molar-refractivity contribution in [1.82, 2.24) is 0 Å². The van der Waals surface area contributed by atoms with E-state index in [1.807, 2.05) is 0 Å². The standard InChI is InChI=1S/C12H19ClN2O2/c1-12(16,5-6-17-2)8-15-11-7-9(13)3-4-10(11)14/h3-4,7,15-16H,5-6,8,14H2,1-2H3. The number of benzene rings is 1. The molecule has 0 aliphatic heterocycles. The molecule has 0 amide bonds. The van der Waals surface area contributed by atoms with Crippen LogP contribution in [0.25, 0.3) is 0 Å². The van der Waals surface area contributed by atoms with E-state index in [1.54, 1.807) is 32.2 Å². The van der Waals surface area contributed by atoms with Gasteiger partial charge in [-0.25, -0.2) is 0 Å². The summed E-state index contributed by atoms with van der Waals surface area (Å²) in [5.41, 5.74) is 6.29. The molecule has 1 atom stereocenters. The lowest BCUT2D eigenvalue weighted by molar-refractivity contribution is 0.0358. The zero-order chi connectivity index (χ0) is 12.9. The Morgan fingerprint density at radius 3 is 2.88 bits per heavy atom. The maximum absolute atomic E-state index is 10.1. The van der Waals surface area contributed by atoms with Crippen LogP contribution in [0.4, 0.5) is 11.4 Å². The van der Waals surface area contributed by atoms with Gasteiger partial charge in [-0.05, 0) is 25.1 Å². The lowest BCUT2D eigenvalue weighted by Gasteiger charge is -2.24. The Morgan fingerprint density at radius 1 is 1.53 bits per heavy atom. The Bertz CT molecular complexity index is 370. The van der Waals surface area contributed by atoms with E-state index in [-0.39, 0.29) is 0 Å². The van der Waals surface area contributed by atoms with Crippen molar-refractivity contribution in [3.63, 3.8) is 0 Å². The van der Waals surface area contributed by atoms with Gasteiger partial charge in [0, 0.05) is 31.7 Å². The third-order valence-corrected chi connectivity index (χ3v) is 2.75. The summed E-state index contributed by atoms with van der Waals surface area (Å²) in [4.78, 5) is 0. The average molecular weight is 259 g/mol. The molecule has 0 heterocycles. The van der Waals surface area contributed by atoms with Crippen molar-refractivity contribution < 1.29 is 9.84 Å². The van der Waals surface area contributed by atoms with Crippen LogP contribution in [0.5, 0.6) is 0 Å². The number of nitrogen functional groups attached to an aromatic ring is 1. The highest BCUT2D eigenvalue weighted by atomic mass is 35.5. The smallest absolute Gasteiger partial charge is 0.0813 e. The molecular weight excluding hydrogens is 240 g/mol. The molecular formula is C12H19ClN2O2. The minimum absolute atomic E-state index is 0.390. The van der Waals surface area contributed by atoms with Crippen LogP contribution in [-0.4, -0.2) is 31.0 Å². The summed E-state index contributed by atoms with van der Waals surface area (Å²) in [6, 6.07) is 5.20. The second kappa shape index (κ2) is 6.10. The van der Waals surface area contributed by atoms with Crippen LogP contribution in [0.2, 0.25) is 5.02 Å². The first-order valence-electron chi connectivity index (χ1n) is 5.45. The van der Waals surface area contributed by atoms with Crippen LogP contribution in [0.3, 0.4) is 0 Å². The molecule has 4 nitrogen and oxygen atoms in total. The molecule has 0 bridgehead atoms. The van der Waals surface area contributed by atoms with Crippen molar-refractivity contribution >= 4 is 23.0 Å². The molecule has 0 aromatic heterocycles. The Morgan fingerprint density at radius 2 is 2.24 bits per heavy atom. The number of aliphatic hydroxyl groups is 1. The molecule has 0 saturated carbocycles. The fourth-order valence-corrected chi connectivity index (χ4v) is 1.55. The first-order valence-corrected chi connectivity index (χ1v) is 5.82. The number of nitrogens with one attached hydrogen (secondary N) is 1. The van der Waals surface area contributed by atoms with Crippen molar-refractivity contribution in [2.24, 2.45) is 0 Å². The largest absolute Gasteiger partial charge is 0.397 e. The molecule has 17 heavy (non-hydrogen) atoms. The summed E-state index contributed by atoms with van der Waals surface area (Å²) in [7, 11) is 1.61. The molecule has 96 valence electrons. The number of hydrogen-bond donors (Lipinski definition) is 3. The van der Waals surface area contributed by atoms with Crippen LogP contribution in [0, 0.1) is 0 Å². The first-order chi connectivity index (χ1) is 7.94. The van der Waals surface area contributed by atoms with E-state index in [0.29, 0.717) is 30.3 Å². The van der Waals surface area contributed by atoms with E-state index in [0.717, 1.165) is 5.69 Å². The Balaban J connectivity index is 2.57. The highest BCUT2D eigenvalue weighted by Crippen LogP contribution is 2.23. The Labute approximate surface area is 107 Å². The summed E-state index contributed by atoms with van der Waals surface area (Å²) < 4.78 is 4.94. The Hall–Kier alpha value is -0.970. The quantitative estimate of drug-likeness (QED) is 0.684. The molecule has 0 aliphatic rings. The summed E-state index contributed by atoms with van der Waals surface area (Å²) in [6.45, 7) is 2.65. The molecule has 1 aromatic carbocycles. The van der Waals surface area contributed by atoms with Gasteiger partial charge in [-0.1, -0.05) is 11.6 Å². The molecule has 1 aromatic rings. The van der Waals surface area contributed by atoms with E-state index in [1.165, 1.54) is 0 Å². The van der Waals surface area contributed by atoms with E-state index in [4.69, 9.17) is 22.1 Å². The zero-order valence-electron chi connectivity index (χ0n) is 10.2. The van der Waals surface area contributed by atoms with Crippen molar-refractivity contribution in [2.75, 3.05) is 31.3 Å². The van der Waals surface area contributed by atoms with Gasteiger partial charge in [0.15, 0.2) is 0 Å². The van der Waals surface area contributed by atoms with Gasteiger partial charge in [-0.3, -0.25) is 0 Å². The molecule has 0 radical (unpaired) electrons. The number of methoxy groups -OCH3 is 1. The van der Waals surface area contributed by atoms with Crippen molar-refractivity contribution in [1.29, 1.82) is 0 Å². The van der Waals surface area contributed by atoms with Gasteiger partial charge >= 0.3 is 0 Å². The summed E-state index contributed by atoms with van der Waals surface area (Å²) in [5.74, 6) is 0. The van der Waals surface area contributed by atoms with Gasteiger partial charge < -0.3 is 20.9 Å². The normalized spacial score (nSPS) is 14.4. The third kappa shape index (κ3) is 4.81. The minimum atomic E-state index is -0.842. The molecule has 0 fully saturated rings. The average Bonchev–Trinajstić information content (AvgIpc) is 2.28. The minimum Gasteiger partial charge on any atom is -0.397 e.